The Labute approximate surface area is 152 Å². The Morgan fingerprint density at radius 1 is 1.23 bits per heavy atom. The molecule has 0 saturated heterocycles. The minimum absolute atomic E-state index is 0. The molecule has 0 unspecified atom stereocenters. The number of nitrogens with one attached hydrogen (secondary N) is 2. The summed E-state index contributed by atoms with van der Waals surface area (Å²) in [5.74, 6) is 0.672. The van der Waals surface area contributed by atoms with Crippen molar-refractivity contribution in [3.8, 4) is 0 Å². The Morgan fingerprint density at radius 3 is 2.36 bits per heavy atom. The van der Waals surface area contributed by atoms with E-state index in [9.17, 15) is 13.2 Å². The van der Waals surface area contributed by atoms with E-state index in [-0.39, 0.29) is 42.9 Å². The van der Waals surface area contributed by atoms with Gasteiger partial charge in [-0.1, -0.05) is 0 Å². The number of thioether (sulfide) groups is 1. The average molecular weight is 453 g/mol. The van der Waals surface area contributed by atoms with Crippen LogP contribution in [-0.2, 0) is 0 Å². The third kappa shape index (κ3) is 8.69. The Hall–Kier alpha value is 0.140. The minimum Gasteiger partial charge on any atom is -0.357 e. The summed E-state index contributed by atoms with van der Waals surface area (Å²) in [6.45, 7) is 3.49. The molecule has 0 spiro atoms. The van der Waals surface area contributed by atoms with E-state index >= 15 is 0 Å². The van der Waals surface area contributed by atoms with Gasteiger partial charge in [0.2, 0.25) is 0 Å². The van der Waals surface area contributed by atoms with Crippen molar-refractivity contribution in [1.29, 1.82) is 0 Å². The summed E-state index contributed by atoms with van der Waals surface area (Å²) in [5, 5.41) is 6.43. The fourth-order valence-corrected chi connectivity index (χ4v) is 2.90. The van der Waals surface area contributed by atoms with Crippen LogP contribution in [-0.4, -0.2) is 43.3 Å². The van der Waals surface area contributed by atoms with Gasteiger partial charge in [0.15, 0.2) is 5.96 Å². The second-order valence-electron chi connectivity index (χ2n) is 5.34. The molecule has 0 bridgehead atoms. The van der Waals surface area contributed by atoms with Crippen LogP contribution >= 0.6 is 35.7 Å². The molecule has 8 heteroatoms. The number of aliphatic imine (C=N–C) groups is 1. The molecule has 1 fully saturated rings. The van der Waals surface area contributed by atoms with E-state index in [2.05, 4.69) is 21.9 Å². The van der Waals surface area contributed by atoms with Gasteiger partial charge in [0.05, 0.1) is 5.92 Å². The van der Waals surface area contributed by atoms with Gasteiger partial charge in [-0.05, 0) is 51.0 Å². The molecule has 0 aromatic heterocycles. The van der Waals surface area contributed by atoms with Crippen molar-refractivity contribution in [3.63, 3.8) is 0 Å². The predicted octanol–water partition coefficient (Wildman–Crippen LogP) is 4.03. The van der Waals surface area contributed by atoms with E-state index in [1.165, 1.54) is 0 Å². The summed E-state index contributed by atoms with van der Waals surface area (Å²) in [6.07, 6.45) is 0.574. The monoisotopic (exact) mass is 453 g/mol. The maximum Gasteiger partial charge on any atom is 0.391 e. The zero-order valence-electron chi connectivity index (χ0n) is 13.2. The van der Waals surface area contributed by atoms with Gasteiger partial charge in [0.25, 0.3) is 0 Å². The SMILES string of the molecule is CCNC(=NCCCSC)NC1CCC(C(F)(F)F)CC1.I. The molecule has 0 atom stereocenters. The fourth-order valence-electron chi connectivity index (χ4n) is 2.48. The van der Waals surface area contributed by atoms with E-state index < -0.39 is 12.1 Å². The predicted molar refractivity (Wildman–Crippen MR) is 99.3 cm³/mol. The van der Waals surface area contributed by atoms with Crippen molar-refractivity contribution in [2.24, 2.45) is 10.9 Å². The molecule has 0 aliphatic heterocycles. The zero-order chi connectivity index (χ0) is 15.7. The van der Waals surface area contributed by atoms with E-state index in [0.29, 0.717) is 12.8 Å². The molecule has 1 saturated carbocycles. The van der Waals surface area contributed by atoms with Crippen LogP contribution in [0.4, 0.5) is 13.2 Å². The second-order valence-corrected chi connectivity index (χ2v) is 6.33. The molecule has 0 amide bonds. The highest BCUT2D eigenvalue weighted by Crippen LogP contribution is 2.37. The first-order valence-corrected chi connectivity index (χ1v) is 8.97. The molecule has 132 valence electrons. The van der Waals surface area contributed by atoms with E-state index in [1.807, 2.05) is 6.92 Å². The molecule has 0 aromatic carbocycles. The van der Waals surface area contributed by atoms with Gasteiger partial charge in [-0.15, -0.1) is 24.0 Å². The first-order chi connectivity index (χ1) is 9.97. The van der Waals surface area contributed by atoms with Gasteiger partial charge in [-0.2, -0.15) is 24.9 Å². The Kier molecular flexibility index (Phi) is 11.7. The molecule has 1 aliphatic carbocycles. The highest BCUT2D eigenvalue weighted by Gasteiger charge is 2.41. The maximum atomic E-state index is 12.6. The molecule has 3 nitrogen and oxygen atoms in total. The molecule has 2 N–H and O–H groups in total. The average Bonchev–Trinajstić information content (AvgIpc) is 2.43. The van der Waals surface area contributed by atoms with Crippen LogP contribution in [0.2, 0.25) is 0 Å². The molecular formula is C14H27F3IN3S. The van der Waals surface area contributed by atoms with Crippen molar-refractivity contribution in [2.75, 3.05) is 25.1 Å². The number of nitrogens with zero attached hydrogens (tertiary/aromatic N) is 1. The van der Waals surface area contributed by atoms with Gasteiger partial charge in [0, 0.05) is 19.1 Å². The summed E-state index contributed by atoms with van der Waals surface area (Å²) in [4.78, 5) is 4.47. The number of alkyl halides is 3. The zero-order valence-corrected chi connectivity index (χ0v) is 16.4. The molecule has 0 radical (unpaired) electrons. The lowest BCUT2D eigenvalue weighted by molar-refractivity contribution is -0.182. The highest BCUT2D eigenvalue weighted by atomic mass is 127. The smallest absolute Gasteiger partial charge is 0.357 e. The fraction of sp³-hybridized carbons (Fsp3) is 0.929. The molecule has 22 heavy (non-hydrogen) atoms. The maximum absolute atomic E-state index is 12.6. The minimum atomic E-state index is -4.04. The number of halogens is 4. The van der Waals surface area contributed by atoms with Crippen LogP contribution in [0.3, 0.4) is 0 Å². The lowest BCUT2D eigenvalue weighted by atomic mass is 9.85. The van der Waals surface area contributed by atoms with Crippen LogP contribution in [0.1, 0.15) is 39.0 Å². The summed E-state index contributed by atoms with van der Waals surface area (Å²) in [7, 11) is 0. The normalized spacial score (nSPS) is 22.9. The standard InChI is InChI=1S/C14H26F3N3S.HI/c1-3-18-13(19-9-4-10-21-2)20-12-7-5-11(6-8-12)14(15,16)17;/h11-12H,3-10H2,1-2H3,(H2,18,19,20);1H. The summed E-state index contributed by atoms with van der Waals surface area (Å²) in [5.41, 5.74) is 0. The quantitative estimate of drug-likeness (QED) is 0.276. The van der Waals surface area contributed by atoms with Gasteiger partial charge in [0.1, 0.15) is 0 Å². The van der Waals surface area contributed by atoms with Crippen LogP contribution < -0.4 is 10.6 Å². The molecule has 1 rings (SSSR count). The number of hydrogen-bond donors (Lipinski definition) is 2. The summed E-state index contributed by atoms with van der Waals surface area (Å²) >= 11 is 1.79. The van der Waals surface area contributed by atoms with Crippen LogP contribution in [0.25, 0.3) is 0 Å². The van der Waals surface area contributed by atoms with Crippen molar-refractivity contribution in [2.45, 2.75) is 51.2 Å². The molecule has 1 aliphatic rings. The first-order valence-electron chi connectivity index (χ1n) is 7.57. The van der Waals surface area contributed by atoms with E-state index in [0.717, 1.165) is 31.2 Å². The Bertz CT molecular complexity index is 319. The Morgan fingerprint density at radius 2 is 1.86 bits per heavy atom. The third-order valence-electron chi connectivity index (χ3n) is 3.65. The van der Waals surface area contributed by atoms with Gasteiger partial charge in [-0.3, -0.25) is 4.99 Å². The lowest BCUT2D eigenvalue weighted by Gasteiger charge is -2.31. The highest BCUT2D eigenvalue weighted by molar-refractivity contribution is 14.0. The van der Waals surface area contributed by atoms with Crippen molar-refractivity contribution in [3.05, 3.63) is 0 Å². The second kappa shape index (κ2) is 11.6. The third-order valence-corrected chi connectivity index (χ3v) is 4.35. The van der Waals surface area contributed by atoms with Crippen molar-refractivity contribution >= 4 is 41.7 Å². The van der Waals surface area contributed by atoms with Crippen LogP contribution in [0, 0.1) is 5.92 Å². The summed E-state index contributed by atoms with van der Waals surface area (Å²) < 4.78 is 37.9. The van der Waals surface area contributed by atoms with Crippen LogP contribution in [0.15, 0.2) is 4.99 Å². The number of hydrogen-bond acceptors (Lipinski definition) is 2. The molecular weight excluding hydrogens is 426 g/mol. The van der Waals surface area contributed by atoms with E-state index in [4.69, 9.17) is 0 Å². The molecule has 0 aromatic rings. The number of guanidine groups is 1. The van der Waals surface area contributed by atoms with Crippen LogP contribution in [0.5, 0.6) is 0 Å². The largest absolute Gasteiger partial charge is 0.391 e. The van der Waals surface area contributed by atoms with Crippen molar-refractivity contribution in [1.82, 2.24) is 10.6 Å². The van der Waals surface area contributed by atoms with Gasteiger partial charge < -0.3 is 10.6 Å². The lowest BCUT2D eigenvalue weighted by Crippen LogP contribution is -2.45. The van der Waals surface area contributed by atoms with Crippen molar-refractivity contribution < 1.29 is 13.2 Å². The summed E-state index contributed by atoms with van der Waals surface area (Å²) in [6, 6.07) is 0.0990. The number of rotatable bonds is 6. The first kappa shape index (κ1) is 22.1. The van der Waals surface area contributed by atoms with Gasteiger partial charge >= 0.3 is 6.18 Å². The Balaban J connectivity index is 0.00000441. The topological polar surface area (TPSA) is 36.4 Å². The van der Waals surface area contributed by atoms with E-state index in [1.54, 1.807) is 11.8 Å². The molecule has 0 heterocycles. The van der Waals surface area contributed by atoms with Gasteiger partial charge in [-0.25, -0.2) is 0 Å².